The first kappa shape index (κ1) is 9.37. The summed E-state index contributed by atoms with van der Waals surface area (Å²) in [6, 6.07) is 8.22. The van der Waals surface area contributed by atoms with Crippen molar-refractivity contribution in [3.63, 3.8) is 0 Å². The van der Waals surface area contributed by atoms with Crippen LogP contribution in [0.2, 0.25) is 0 Å². The average Bonchev–Trinajstić information content (AvgIpc) is 2.67. The highest BCUT2D eigenvalue weighted by Crippen LogP contribution is 2.21. The van der Waals surface area contributed by atoms with E-state index in [4.69, 9.17) is 5.11 Å². The molecule has 1 aromatic heterocycles. The third-order valence-electron chi connectivity index (χ3n) is 2.03. The summed E-state index contributed by atoms with van der Waals surface area (Å²) in [5, 5.41) is 11.6. The maximum atomic E-state index is 8.89. The molecule has 0 atom stereocenters. The van der Waals surface area contributed by atoms with Crippen LogP contribution in [0.25, 0.3) is 11.3 Å². The zero-order chi connectivity index (χ0) is 9.97. The van der Waals surface area contributed by atoms with Crippen LogP contribution in [-0.4, -0.2) is 10.1 Å². The van der Waals surface area contributed by atoms with Gasteiger partial charge in [-0.05, 0) is 6.92 Å². The summed E-state index contributed by atoms with van der Waals surface area (Å²) >= 11 is 1.49. The molecule has 3 heteroatoms. The number of hydrogen-bond donors (Lipinski definition) is 1. The molecule has 0 aliphatic heterocycles. The van der Waals surface area contributed by atoms with Gasteiger partial charge in [0.2, 0.25) is 0 Å². The number of rotatable bonds is 2. The smallest absolute Gasteiger partial charge is 0.119 e. The Bertz CT molecular complexity index is 419. The van der Waals surface area contributed by atoms with Crippen LogP contribution in [0.15, 0.2) is 29.6 Å². The molecule has 0 amide bonds. The van der Waals surface area contributed by atoms with Crippen LogP contribution in [0.5, 0.6) is 0 Å². The number of hydrogen-bond acceptors (Lipinski definition) is 3. The molecule has 0 fully saturated rings. The van der Waals surface area contributed by atoms with Crippen LogP contribution in [0.1, 0.15) is 10.6 Å². The standard InChI is InChI=1S/C11H11NOS/c1-8-2-4-9(5-3-8)10-7-14-11(6-13)12-10/h2-5,7,13H,6H2,1H3. The third kappa shape index (κ3) is 1.84. The van der Waals surface area contributed by atoms with Crippen molar-refractivity contribution in [2.45, 2.75) is 13.5 Å². The lowest BCUT2D eigenvalue weighted by Gasteiger charge is -1.96. The first-order chi connectivity index (χ1) is 6.79. The summed E-state index contributed by atoms with van der Waals surface area (Å²) in [5.74, 6) is 0. The summed E-state index contributed by atoms with van der Waals surface area (Å²) < 4.78 is 0. The molecule has 0 aliphatic carbocycles. The Hall–Kier alpha value is -1.19. The van der Waals surface area contributed by atoms with Gasteiger partial charge in [-0.1, -0.05) is 29.8 Å². The van der Waals surface area contributed by atoms with Gasteiger partial charge < -0.3 is 5.11 Å². The predicted octanol–water partition coefficient (Wildman–Crippen LogP) is 2.61. The molecule has 2 nitrogen and oxygen atoms in total. The first-order valence-corrected chi connectivity index (χ1v) is 5.30. The van der Waals surface area contributed by atoms with Gasteiger partial charge >= 0.3 is 0 Å². The highest BCUT2D eigenvalue weighted by Gasteiger charge is 2.02. The number of aliphatic hydroxyl groups is 1. The Morgan fingerprint density at radius 2 is 2.00 bits per heavy atom. The number of thiazole rings is 1. The quantitative estimate of drug-likeness (QED) is 0.817. The second-order valence-electron chi connectivity index (χ2n) is 3.15. The maximum absolute atomic E-state index is 8.89. The first-order valence-electron chi connectivity index (χ1n) is 4.42. The Kier molecular flexibility index (Phi) is 2.61. The molecule has 0 spiro atoms. The number of aliphatic hydroxyl groups excluding tert-OH is 1. The number of nitrogens with zero attached hydrogens (tertiary/aromatic N) is 1. The predicted molar refractivity (Wildman–Crippen MR) is 58.2 cm³/mol. The van der Waals surface area contributed by atoms with Gasteiger partial charge in [-0.3, -0.25) is 0 Å². The summed E-state index contributed by atoms with van der Waals surface area (Å²) in [7, 11) is 0. The zero-order valence-electron chi connectivity index (χ0n) is 7.90. The van der Waals surface area contributed by atoms with Gasteiger partial charge in [-0.15, -0.1) is 11.3 Å². The van der Waals surface area contributed by atoms with Crippen LogP contribution in [0, 0.1) is 6.92 Å². The Labute approximate surface area is 86.9 Å². The molecule has 0 bridgehead atoms. The van der Waals surface area contributed by atoms with Gasteiger partial charge in [-0.25, -0.2) is 4.98 Å². The average molecular weight is 205 g/mol. The lowest BCUT2D eigenvalue weighted by molar-refractivity contribution is 0.281. The van der Waals surface area contributed by atoms with Crippen molar-refractivity contribution in [3.8, 4) is 11.3 Å². The molecular formula is C11H11NOS. The van der Waals surface area contributed by atoms with E-state index in [9.17, 15) is 0 Å². The van der Waals surface area contributed by atoms with E-state index in [2.05, 4.69) is 24.0 Å². The van der Waals surface area contributed by atoms with Crippen LogP contribution < -0.4 is 0 Å². The van der Waals surface area contributed by atoms with Gasteiger partial charge in [0, 0.05) is 10.9 Å². The van der Waals surface area contributed by atoms with Gasteiger partial charge in [0.25, 0.3) is 0 Å². The molecule has 0 unspecified atom stereocenters. The number of benzene rings is 1. The monoisotopic (exact) mass is 205 g/mol. The number of aromatic nitrogens is 1. The van der Waals surface area contributed by atoms with E-state index in [0.29, 0.717) is 0 Å². The van der Waals surface area contributed by atoms with Crippen molar-refractivity contribution < 1.29 is 5.11 Å². The second kappa shape index (κ2) is 3.90. The maximum Gasteiger partial charge on any atom is 0.119 e. The van der Waals surface area contributed by atoms with Crippen molar-refractivity contribution in [1.29, 1.82) is 0 Å². The highest BCUT2D eigenvalue weighted by atomic mass is 32.1. The van der Waals surface area contributed by atoms with Crippen molar-refractivity contribution in [3.05, 3.63) is 40.2 Å². The van der Waals surface area contributed by atoms with Crippen molar-refractivity contribution in [2.75, 3.05) is 0 Å². The molecule has 1 aromatic carbocycles. The fourth-order valence-corrected chi connectivity index (χ4v) is 1.90. The highest BCUT2D eigenvalue weighted by molar-refractivity contribution is 7.09. The van der Waals surface area contributed by atoms with Crippen molar-refractivity contribution in [1.82, 2.24) is 4.98 Å². The summed E-state index contributed by atoms with van der Waals surface area (Å²) in [6.45, 7) is 2.08. The van der Waals surface area contributed by atoms with E-state index in [-0.39, 0.29) is 6.61 Å². The molecule has 14 heavy (non-hydrogen) atoms. The zero-order valence-corrected chi connectivity index (χ0v) is 8.71. The van der Waals surface area contributed by atoms with Crippen LogP contribution in [0.4, 0.5) is 0 Å². The second-order valence-corrected chi connectivity index (χ2v) is 4.09. The lowest BCUT2D eigenvalue weighted by Crippen LogP contribution is -1.82. The van der Waals surface area contributed by atoms with Gasteiger partial charge in [0.1, 0.15) is 5.01 Å². The molecule has 0 saturated heterocycles. The molecule has 0 radical (unpaired) electrons. The van der Waals surface area contributed by atoms with Crippen molar-refractivity contribution >= 4 is 11.3 Å². The summed E-state index contributed by atoms with van der Waals surface area (Å²) in [4.78, 5) is 4.30. The van der Waals surface area contributed by atoms with Gasteiger partial charge in [-0.2, -0.15) is 0 Å². The third-order valence-corrected chi connectivity index (χ3v) is 2.87. The minimum atomic E-state index is 0.0243. The van der Waals surface area contributed by atoms with E-state index in [1.807, 2.05) is 17.5 Å². The fraction of sp³-hybridized carbons (Fsp3) is 0.182. The van der Waals surface area contributed by atoms with Crippen LogP contribution in [0.3, 0.4) is 0 Å². The van der Waals surface area contributed by atoms with E-state index in [0.717, 1.165) is 16.3 Å². The van der Waals surface area contributed by atoms with Crippen LogP contribution in [-0.2, 0) is 6.61 Å². The molecule has 1 N–H and O–H groups in total. The molecule has 1 heterocycles. The van der Waals surface area contributed by atoms with E-state index < -0.39 is 0 Å². The largest absolute Gasteiger partial charge is 0.389 e. The summed E-state index contributed by atoms with van der Waals surface area (Å²) in [5.41, 5.74) is 3.29. The fourth-order valence-electron chi connectivity index (χ4n) is 1.24. The number of aryl methyl sites for hydroxylation is 1. The van der Waals surface area contributed by atoms with Gasteiger partial charge in [0.15, 0.2) is 0 Å². The Balaban J connectivity index is 2.34. The van der Waals surface area contributed by atoms with E-state index >= 15 is 0 Å². The van der Waals surface area contributed by atoms with Crippen molar-refractivity contribution in [2.24, 2.45) is 0 Å². The molecule has 0 aliphatic rings. The topological polar surface area (TPSA) is 33.1 Å². The molecule has 2 aromatic rings. The minimum Gasteiger partial charge on any atom is -0.389 e. The lowest BCUT2D eigenvalue weighted by atomic mass is 10.1. The Morgan fingerprint density at radius 1 is 1.29 bits per heavy atom. The molecule has 2 rings (SSSR count). The van der Waals surface area contributed by atoms with E-state index in [1.165, 1.54) is 16.9 Å². The SMILES string of the molecule is Cc1ccc(-c2csc(CO)n2)cc1. The minimum absolute atomic E-state index is 0.0243. The normalized spacial score (nSPS) is 10.4. The summed E-state index contributed by atoms with van der Waals surface area (Å²) in [6.07, 6.45) is 0. The van der Waals surface area contributed by atoms with E-state index in [1.54, 1.807) is 0 Å². The molecule has 72 valence electrons. The Morgan fingerprint density at radius 3 is 2.57 bits per heavy atom. The molecular weight excluding hydrogens is 194 g/mol. The van der Waals surface area contributed by atoms with Crippen LogP contribution >= 0.6 is 11.3 Å². The molecule has 0 saturated carbocycles. The van der Waals surface area contributed by atoms with Gasteiger partial charge in [0.05, 0.1) is 12.3 Å².